The van der Waals surface area contributed by atoms with Gasteiger partial charge in [0.2, 0.25) is 0 Å². The maximum atomic E-state index is 12.7. The first-order valence-corrected chi connectivity index (χ1v) is 5.88. The Morgan fingerprint density at radius 1 is 1.16 bits per heavy atom. The Balaban J connectivity index is 1.93. The van der Waals surface area contributed by atoms with E-state index < -0.39 is 0 Å². The van der Waals surface area contributed by atoms with E-state index >= 15 is 0 Å². The van der Waals surface area contributed by atoms with Gasteiger partial charge in [0.25, 0.3) is 0 Å². The summed E-state index contributed by atoms with van der Waals surface area (Å²) in [6, 6.07) is 8.80. The third kappa shape index (κ3) is 3.77. The van der Waals surface area contributed by atoms with E-state index in [0.29, 0.717) is 5.69 Å². The van der Waals surface area contributed by atoms with Crippen LogP contribution < -0.4 is 10.6 Å². The quantitative estimate of drug-likeness (QED) is 0.889. The van der Waals surface area contributed by atoms with E-state index in [1.807, 2.05) is 19.1 Å². The van der Waals surface area contributed by atoms with Crippen molar-refractivity contribution in [3.63, 3.8) is 0 Å². The third-order valence-corrected chi connectivity index (χ3v) is 2.66. The number of carbonyl (C=O) groups excluding carboxylic acids is 1. The molecule has 0 fully saturated rings. The highest BCUT2D eigenvalue weighted by Gasteiger charge is 2.09. The molecule has 0 aliphatic heterocycles. The summed E-state index contributed by atoms with van der Waals surface area (Å²) in [5.74, 6) is -0.337. The van der Waals surface area contributed by atoms with Crippen molar-refractivity contribution >= 4 is 11.7 Å². The number of nitrogens with one attached hydrogen (secondary N) is 2. The molecule has 0 saturated heterocycles. The number of rotatable bonds is 3. The molecule has 1 aromatic heterocycles. The van der Waals surface area contributed by atoms with Gasteiger partial charge in [0.15, 0.2) is 0 Å². The lowest BCUT2D eigenvalue weighted by atomic mass is 10.1. The fraction of sp³-hybridized carbons (Fsp3) is 0.143. The van der Waals surface area contributed by atoms with Crippen LogP contribution in [0.25, 0.3) is 0 Å². The standard InChI is InChI=1S/C14H14FN3O/c1-10(11-6-8-16-9-7-11)17-14(19)18-13-4-2-12(15)3-5-13/h2-10H,1H3,(H2,17,18,19). The minimum atomic E-state index is -0.337. The van der Waals surface area contributed by atoms with E-state index in [9.17, 15) is 9.18 Å². The highest BCUT2D eigenvalue weighted by Crippen LogP contribution is 2.12. The van der Waals surface area contributed by atoms with Gasteiger partial charge in [-0.15, -0.1) is 0 Å². The monoisotopic (exact) mass is 259 g/mol. The maximum Gasteiger partial charge on any atom is 0.319 e. The second-order valence-corrected chi connectivity index (χ2v) is 4.11. The molecule has 1 atom stereocenters. The number of hydrogen-bond donors (Lipinski definition) is 2. The predicted molar refractivity (Wildman–Crippen MR) is 71.2 cm³/mol. The Labute approximate surface area is 110 Å². The van der Waals surface area contributed by atoms with Gasteiger partial charge in [-0.1, -0.05) is 0 Å². The molecule has 19 heavy (non-hydrogen) atoms. The van der Waals surface area contributed by atoms with Crippen molar-refractivity contribution in [2.24, 2.45) is 0 Å². The Kier molecular flexibility index (Phi) is 4.07. The van der Waals surface area contributed by atoms with E-state index in [1.54, 1.807) is 12.4 Å². The molecule has 0 saturated carbocycles. The maximum absolute atomic E-state index is 12.7. The van der Waals surface area contributed by atoms with Crippen LogP contribution >= 0.6 is 0 Å². The van der Waals surface area contributed by atoms with Gasteiger partial charge in [-0.25, -0.2) is 9.18 Å². The molecule has 1 heterocycles. The lowest BCUT2D eigenvalue weighted by Crippen LogP contribution is -2.31. The molecule has 1 aromatic carbocycles. The lowest BCUT2D eigenvalue weighted by molar-refractivity contribution is 0.249. The van der Waals surface area contributed by atoms with E-state index in [2.05, 4.69) is 15.6 Å². The number of pyridine rings is 1. The van der Waals surface area contributed by atoms with Crippen LogP contribution in [-0.4, -0.2) is 11.0 Å². The highest BCUT2D eigenvalue weighted by molar-refractivity contribution is 5.89. The fourth-order valence-corrected chi connectivity index (χ4v) is 1.63. The fourth-order valence-electron chi connectivity index (χ4n) is 1.63. The number of carbonyl (C=O) groups is 1. The second-order valence-electron chi connectivity index (χ2n) is 4.11. The lowest BCUT2D eigenvalue weighted by Gasteiger charge is -2.14. The second kappa shape index (κ2) is 5.95. The number of anilines is 1. The van der Waals surface area contributed by atoms with Crippen LogP contribution in [0.4, 0.5) is 14.9 Å². The van der Waals surface area contributed by atoms with Crippen LogP contribution in [0.1, 0.15) is 18.5 Å². The predicted octanol–water partition coefficient (Wildman–Crippen LogP) is 3.10. The van der Waals surface area contributed by atoms with Crippen molar-refractivity contribution in [1.29, 1.82) is 0 Å². The normalized spacial score (nSPS) is 11.7. The molecule has 0 bridgehead atoms. The number of benzene rings is 1. The van der Waals surface area contributed by atoms with Crippen LogP contribution in [0, 0.1) is 5.82 Å². The molecule has 1 unspecified atom stereocenters. The zero-order valence-electron chi connectivity index (χ0n) is 10.4. The number of hydrogen-bond acceptors (Lipinski definition) is 2. The van der Waals surface area contributed by atoms with Crippen molar-refractivity contribution in [3.05, 3.63) is 60.2 Å². The summed E-state index contributed by atoms with van der Waals surface area (Å²) in [5, 5.41) is 5.43. The molecule has 4 nitrogen and oxygen atoms in total. The Hall–Kier alpha value is -2.43. The van der Waals surface area contributed by atoms with Gasteiger partial charge in [0, 0.05) is 18.1 Å². The van der Waals surface area contributed by atoms with Crippen LogP contribution in [0.3, 0.4) is 0 Å². The van der Waals surface area contributed by atoms with Crippen molar-refractivity contribution in [2.75, 3.05) is 5.32 Å². The summed E-state index contributed by atoms with van der Waals surface area (Å²) in [5.41, 5.74) is 1.50. The van der Waals surface area contributed by atoms with Crippen LogP contribution in [0.2, 0.25) is 0 Å². The number of aromatic nitrogens is 1. The molecule has 2 amide bonds. The van der Waals surface area contributed by atoms with Gasteiger partial charge in [-0.3, -0.25) is 4.98 Å². The number of amides is 2. The molecule has 0 spiro atoms. The molecular weight excluding hydrogens is 245 g/mol. The summed E-state index contributed by atoms with van der Waals surface area (Å²) in [6.45, 7) is 1.87. The molecule has 98 valence electrons. The Morgan fingerprint density at radius 2 is 1.79 bits per heavy atom. The number of halogens is 1. The molecule has 0 radical (unpaired) electrons. The van der Waals surface area contributed by atoms with Crippen LogP contribution in [0.15, 0.2) is 48.8 Å². The highest BCUT2D eigenvalue weighted by atomic mass is 19.1. The van der Waals surface area contributed by atoms with Crippen molar-refractivity contribution in [3.8, 4) is 0 Å². The molecule has 2 N–H and O–H groups in total. The smallest absolute Gasteiger partial charge is 0.319 e. The SMILES string of the molecule is CC(NC(=O)Nc1ccc(F)cc1)c1ccncc1. The average molecular weight is 259 g/mol. The summed E-state index contributed by atoms with van der Waals surface area (Å²) in [4.78, 5) is 15.7. The van der Waals surface area contributed by atoms with Gasteiger partial charge in [-0.05, 0) is 48.9 Å². The number of urea groups is 1. The minimum absolute atomic E-state index is 0.136. The van der Waals surface area contributed by atoms with Crippen molar-refractivity contribution in [1.82, 2.24) is 10.3 Å². The van der Waals surface area contributed by atoms with E-state index in [0.717, 1.165) is 5.56 Å². The minimum Gasteiger partial charge on any atom is -0.331 e. The summed E-state index contributed by atoms with van der Waals surface area (Å²) in [7, 11) is 0. The molecule has 0 aliphatic rings. The first kappa shape index (κ1) is 13.0. The average Bonchev–Trinajstić information content (AvgIpc) is 2.42. The van der Waals surface area contributed by atoms with Gasteiger partial charge < -0.3 is 10.6 Å². The Morgan fingerprint density at radius 3 is 2.42 bits per heavy atom. The molecule has 0 aliphatic carbocycles. The van der Waals surface area contributed by atoms with Crippen LogP contribution in [-0.2, 0) is 0 Å². The van der Waals surface area contributed by atoms with E-state index in [1.165, 1.54) is 24.3 Å². The summed E-state index contributed by atoms with van der Waals surface area (Å²) >= 11 is 0. The van der Waals surface area contributed by atoms with E-state index in [4.69, 9.17) is 0 Å². The van der Waals surface area contributed by atoms with Crippen molar-refractivity contribution in [2.45, 2.75) is 13.0 Å². The largest absolute Gasteiger partial charge is 0.331 e. The van der Waals surface area contributed by atoms with Gasteiger partial charge >= 0.3 is 6.03 Å². The zero-order chi connectivity index (χ0) is 13.7. The third-order valence-electron chi connectivity index (χ3n) is 2.66. The summed E-state index contributed by atoms with van der Waals surface area (Å²) in [6.07, 6.45) is 3.34. The van der Waals surface area contributed by atoms with Crippen LogP contribution in [0.5, 0.6) is 0 Å². The van der Waals surface area contributed by atoms with Gasteiger partial charge in [0.05, 0.1) is 6.04 Å². The molecule has 5 heteroatoms. The summed E-state index contributed by atoms with van der Waals surface area (Å²) < 4.78 is 12.7. The molecule has 2 aromatic rings. The van der Waals surface area contributed by atoms with E-state index in [-0.39, 0.29) is 17.9 Å². The first-order chi connectivity index (χ1) is 9.15. The Bertz CT molecular complexity index is 542. The molecule has 2 rings (SSSR count). The first-order valence-electron chi connectivity index (χ1n) is 5.88. The molecular formula is C14H14FN3O. The topological polar surface area (TPSA) is 54.0 Å². The number of nitrogens with zero attached hydrogens (tertiary/aromatic N) is 1. The van der Waals surface area contributed by atoms with Gasteiger partial charge in [0.1, 0.15) is 5.82 Å². The van der Waals surface area contributed by atoms with Crippen molar-refractivity contribution < 1.29 is 9.18 Å². The zero-order valence-corrected chi connectivity index (χ0v) is 10.4. The van der Waals surface area contributed by atoms with Gasteiger partial charge in [-0.2, -0.15) is 0 Å².